The van der Waals surface area contributed by atoms with E-state index in [2.05, 4.69) is 15.4 Å². The molecule has 3 rings (SSSR count). The molecule has 1 N–H and O–H groups in total. The Morgan fingerprint density at radius 2 is 1.87 bits per heavy atom. The van der Waals surface area contributed by atoms with E-state index in [0.717, 1.165) is 5.56 Å². The highest BCUT2D eigenvalue weighted by Gasteiger charge is 2.22. The Bertz CT molecular complexity index is 993. The molecule has 2 heterocycles. The normalized spacial score (nSPS) is 10.5. The largest absolute Gasteiger partial charge is 0.467 e. The Morgan fingerprint density at radius 1 is 1.06 bits per heavy atom. The van der Waals surface area contributed by atoms with Crippen LogP contribution in [0.25, 0.3) is 0 Å². The zero-order chi connectivity index (χ0) is 22.1. The van der Waals surface area contributed by atoms with Gasteiger partial charge in [-0.1, -0.05) is 6.07 Å². The van der Waals surface area contributed by atoms with E-state index >= 15 is 0 Å². The molecule has 31 heavy (non-hydrogen) atoms. The molecular formula is C21H24N4O6. The van der Waals surface area contributed by atoms with Gasteiger partial charge in [0.05, 0.1) is 25.5 Å². The first-order valence-corrected chi connectivity index (χ1v) is 9.33. The molecule has 10 heteroatoms. The number of rotatable bonds is 11. The average molecular weight is 428 g/mol. The van der Waals surface area contributed by atoms with Gasteiger partial charge in [0, 0.05) is 44.8 Å². The number of carbonyl (C=O) groups excluding carboxylic acids is 1. The van der Waals surface area contributed by atoms with Crippen molar-refractivity contribution < 1.29 is 28.5 Å². The van der Waals surface area contributed by atoms with Crippen LogP contribution in [0, 0.1) is 0 Å². The van der Waals surface area contributed by atoms with Gasteiger partial charge in [-0.3, -0.25) is 4.98 Å². The molecule has 0 radical (unpaired) electrons. The van der Waals surface area contributed by atoms with Crippen molar-refractivity contribution in [3.63, 3.8) is 0 Å². The van der Waals surface area contributed by atoms with Crippen molar-refractivity contribution in [3.05, 3.63) is 60.0 Å². The number of nitrogens with one attached hydrogen (secondary N) is 1. The van der Waals surface area contributed by atoms with Crippen LogP contribution in [0.1, 0.15) is 15.9 Å². The van der Waals surface area contributed by atoms with Crippen LogP contribution < -0.4 is 14.8 Å². The van der Waals surface area contributed by atoms with Crippen molar-refractivity contribution >= 4 is 17.5 Å². The Balaban J connectivity index is 1.98. The number of aromatic nitrogens is 3. The second-order valence-electron chi connectivity index (χ2n) is 6.30. The van der Waals surface area contributed by atoms with Crippen LogP contribution in [-0.4, -0.2) is 55.6 Å². The smallest absolute Gasteiger partial charge is 0.343 e. The molecule has 2 aromatic heterocycles. The minimum Gasteiger partial charge on any atom is -0.467 e. The zero-order valence-corrected chi connectivity index (χ0v) is 17.5. The number of nitrogens with zero attached hydrogens (tertiary/aromatic N) is 3. The van der Waals surface area contributed by atoms with Gasteiger partial charge in [-0.25, -0.2) is 9.48 Å². The summed E-state index contributed by atoms with van der Waals surface area (Å²) in [5, 5.41) is 7.58. The molecule has 0 aliphatic heterocycles. The van der Waals surface area contributed by atoms with Gasteiger partial charge >= 0.3 is 5.97 Å². The molecule has 0 aliphatic carbocycles. The average Bonchev–Trinajstić information content (AvgIpc) is 3.22. The number of esters is 1. The molecule has 0 fully saturated rings. The van der Waals surface area contributed by atoms with Crippen LogP contribution in [0.4, 0.5) is 11.5 Å². The summed E-state index contributed by atoms with van der Waals surface area (Å²) >= 11 is 0. The highest BCUT2D eigenvalue weighted by molar-refractivity contribution is 6.00. The molecule has 0 unspecified atom stereocenters. The van der Waals surface area contributed by atoms with Crippen molar-refractivity contribution in [3.8, 4) is 11.5 Å². The van der Waals surface area contributed by atoms with Crippen LogP contribution in [0.2, 0.25) is 0 Å². The van der Waals surface area contributed by atoms with Gasteiger partial charge in [-0.15, -0.1) is 0 Å². The molecule has 10 nitrogen and oxygen atoms in total. The summed E-state index contributed by atoms with van der Waals surface area (Å²) in [6, 6.07) is 8.83. The van der Waals surface area contributed by atoms with Gasteiger partial charge in [0.1, 0.15) is 22.9 Å². The van der Waals surface area contributed by atoms with Crippen LogP contribution in [0.15, 0.2) is 48.9 Å². The SMILES string of the molecule is COCOc1cc(Nc2ccnn2Cc2cccnc2)c(C(=O)OC)c(OCOC)c1. The second kappa shape index (κ2) is 11.0. The fourth-order valence-corrected chi connectivity index (χ4v) is 2.82. The van der Waals surface area contributed by atoms with Gasteiger partial charge < -0.3 is 29.0 Å². The molecular weight excluding hydrogens is 404 g/mol. The first-order valence-electron chi connectivity index (χ1n) is 9.33. The number of hydrogen-bond acceptors (Lipinski definition) is 9. The topological polar surface area (TPSA) is 106 Å². The minimum atomic E-state index is -0.579. The highest BCUT2D eigenvalue weighted by atomic mass is 16.7. The third kappa shape index (κ3) is 5.71. The van der Waals surface area contributed by atoms with E-state index in [9.17, 15) is 4.79 Å². The lowest BCUT2D eigenvalue weighted by Gasteiger charge is -2.18. The van der Waals surface area contributed by atoms with Crippen molar-refractivity contribution in [1.29, 1.82) is 0 Å². The number of pyridine rings is 1. The van der Waals surface area contributed by atoms with Crippen LogP contribution >= 0.6 is 0 Å². The summed E-state index contributed by atoms with van der Waals surface area (Å²) in [5.74, 6) is 0.741. The molecule has 0 spiro atoms. The molecule has 3 aromatic rings. The molecule has 0 atom stereocenters. The first kappa shape index (κ1) is 22.1. The van der Waals surface area contributed by atoms with E-state index in [1.165, 1.54) is 21.3 Å². The van der Waals surface area contributed by atoms with Gasteiger partial charge in [-0.05, 0) is 11.6 Å². The van der Waals surface area contributed by atoms with E-state index < -0.39 is 5.97 Å². The van der Waals surface area contributed by atoms with Gasteiger partial charge in [0.2, 0.25) is 0 Å². The Hall–Kier alpha value is -3.63. The first-order chi connectivity index (χ1) is 15.2. The fraction of sp³-hybridized carbons (Fsp3) is 0.286. The van der Waals surface area contributed by atoms with E-state index in [-0.39, 0.29) is 24.9 Å². The number of ether oxygens (including phenoxy) is 5. The number of benzene rings is 1. The molecule has 0 saturated carbocycles. The summed E-state index contributed by atoms with van der Waals surface area (Å²) in [7, 11) is 4.30. The van der Waals surface area contributed by atoms with E-state index in [1.54, 1.807) is 41.5 Å². The Morgan fingerprint density at radius 3 is 2.58 bits per heavy atom. The predicted molar refractivity (Wildman–Crippen MR) is 112 cm³/mol. The van der Waals surface area contributed by atoms with Crippen LogP contribution in [-0.2, 0) is 20.8 Å². The second-order valence-corrected chi connectivity index (χ2v) is 6.30. The van der Waals surface area contributed by atoms with Crippen molar-refractivity contribution in [2.45, 2.75) is 6.54 Å². The monoisotopic (exact) mass is 428 g/mol. The summed E-state index contributed by atoms with van der Waals surface area (Å²) in [5.41, 5.74) is 1.58. The van der Waals surface area contributed by atoms with Gasteiger partial charge in [-0.2, -0.15) is 5.10 Å². The highest BCUT2D eigenvalue weighted by Crippen LogP contribution is 2.35. The van der Waals surface area contributed by atoms with Crippen molar-refractivity contribution in [1.82, 2.24) is 14.8 Å². The quantitative estimate of drug-likeness (QED) is 0.364. The molecule has 0 bridgehead atoms. The molecule has 0 aliphatic rings. The van der Waals surface area contributed by atoms with Crippen molar-refractivity contribution in [2.24, 2.45) is 0 Å². The van der Waals surface area contributed by atoms with E-state index in [1.807, 2.05) is 12.1 Å². The summed E-state index contributed by atoms with van der Waals surface area (Å²) in [4.78, 5) is 16.7. The number of hydrogen-bond donors (Lipinski definition) is 1. The minimum absolute atomic E-state index is 0.0274. The van der Waals surface area contributed by atoms with Crippen LogP contribution in [0.5, 0.6) is 11.5 Å². The summed E-state index contributed by atoms with van der Waals surface area (Å²) in [6.07, 6.45) is 5.13. The summed E-state index contributed by atoms with van der Waals surface area (Å²) < 4.78 is 27.8. The maximum absolute atomic E-state index is 12.6. The Kier molecular flexibility index (Phi) is 7.79. The lowest BCUT2D eigenvalue weighted by atomic mass is 10.1. The summed E-state index contributed by atoms with van der Waals surface area (Å²) in [6.45, 7) is 0.458. The number of methoxy groups -OCH3 is 3. The van der Waals surface area contributed by atoms with Gasteiger partial charge in [0.25, 0.3) is 0 Å². The number of carbonyl (C=O) groups is 1. The molecule has 164 valence electrons. The Labute approximate surface area is 179 Å². The lowest BCUT2D eigenvalue weighted by Crippen LogP contribution is -2.13. The standard InChI is InChI=1S/C21H24N4O6/c1-27-13-30-16-9-17(20(21(26)29-3)18(10-16)31-14-28-2)24-19-6-8-23-25(19)12-15-5-4-7-22-11-15/h4-11,24H,12-14H2,1-3H3. The van der Waals surface area contributed by atoms with E-state index in [0.29, 0.717) is 23.8 Å². The predicted octanol–water partition coefficient (Wildman–Crippen LogP) is 2.82. The zero-order valence-electron chi connectivity index (χ0n) is 17.5. The van der Waals surface area contributed by atoms with Crippen LogP contribution in [0.3, 0.4) is 0 Å². The third-order valence-corrected chi connectivity index (χ3v) is 4.18. The molecule has 0 saturated heterocycles. The fourth-order valence-electron chi connectivity index (χ4n) is 2.82. The molecule has 0 amide bonds. The third-order valence-electron chi connectivity index (χ3n) is 4.18. The van der Waals surface area contributed by atoms with E-state index in [4.69, 9.17) is 23.7 Å². The number of anilines is 2. The maximum Gasteiger partial charge on any atom is 0.343 e. The molecule has 1 aromatic carbocycles. The maximum atomic E-state index is 12.6. The van der Waals surface area contributed by atoms with Crippen molar-refractivity contribution in [2.75, 3.05) is 40.2 Å². The van der Waals surface area contributed by atoms with Gasteiger partial charge in [0.15, 0.2) is 13.6 Å². The lowest BCUT2D eigenvalue weighted by molar-refractivity contribution is 0.0436.